The van der Waals surface area contributed by atoms with Gasteiger partial charge in [-0.3, -0.25) is 9.59 Å². The van der Waals surface area contributed by atoms with Crippen molar-refractivity contribution in [3.63, 3.8) is 0 Å². The van der Waals surface area contributed by atoms with Crippen molar-refractivity contribution >= 4 is 17.5 Å². The van der Waals surface area contributed by atoms with Gasteiger partial charge in [0.1, 0.15) is 0 Å². The molecule has 1 fully saturated rings. The Morgan fingerprint density at radius 3 is 2.15 bits per heavy atom. The molecular formula is C15H17N3O2. The summed E-state index contributed by atoms with van der Waals surface area (Å²) in [5.41, 5.74) is 3.71. The highest BCUT2D eigenvalue weighted by molar-refractivity contribution is 6.24. The number of rotatable bonds is 1. The fourth-order valence-corrected chi connectivity index (χ4v) is 3.26. The molecule has 0 radical (unpaired) electrons. The number of anilines is 1. The maximum atomic E-state index is 12.6. The first-order valence-electron chi connectivity index (χ1n) is 6.77. The van der Waals surface area contributed by atoms with Crippen LogP contribution >= 0.6 is 0 Å². The molecule has 3 rings (SSSR count). The molecular weight excluding hydrogens is 254 g/mol. The monoisotopic (exact) mass is 271 g/mol. The van der Waals surface area contributed by atoms with Crippen molar-refractivity contribution in [2.75, 3.05) is 4.90 Å². The van der Waals surface area contributed by atoms with Gasteiger partial charge in [0.05, 0.1) is 17.6 Å². The number of azo groups is 1. The molecule has 20 heavy (non-hydrogen) atoms. The molecule has 0 spiro atoms. The van der Waals surface area contributed by atoms with Crippen molar-refractivity contribution < 1.29 is 9.59 Å². The van der Waals surface area contributed by atoms with E-state index in [1.165, 1.54) is 4.90 Å². The van der Waals surface area contributed by atoms with Crippen LogP contribution in [0.15, 0.2) is 22.4 Å². The number of carbonyl (C=O) groups excluding carboxylic acids is 2. The summed E-state index contributed by atoms with van der Waals surface area (Å²) in [6.07, 6.45) is 0. The van der Waals surface area contributed by atoms with Crippen molar-refractivity contribution in [1.29, 1.82) is 0 Å². The van der Waals surface area contributed by atoms with Gasteiger partial charge in [0.2, 0.25) is 5.91 Å². The summed E-state index contributed by atoms with van der Waals surface area (Å²) >= 11 is 0. The summed E-state index contributed by atoms with van der Waals surface area (Å²) in [4.78, 5) is 26.4. The van der Waals surface area contributed by atoms with Crippen molar-refractivity contribution in [1.82, 2.24) is 0 Å². The summed E-state index contributed by atoms with van der Waals surface area (Å²) in [6, 6.07) is 3.13. The first kappa shape index (κ1) is 13.0. The Kier molecular flexibility index (Phi) is 2.74. The van der Waals surface area contributed by atoms with Gasteiger partial charge in [-0.2, -0.15) is 10.2 Å². The largest absolute Gasteiger partial charge is 0.274 e. The summed E-state index contributed by atoms with van der Waals surface area (Å²) < 4.78 is 0. The lowest BCUT2D eigenvalue weighted by atomic mass is 9.98. The highest BCUT2D eigenvalue weighted by atomic mass is 16.2. The Balaban J connectivity index is 2.10. The van der Waals surface area contributed by atoms with E-state index in [1.807, 2.05) is 39.8 Å². The van der Waals surface area contributed by atoms with Gasteiger partial charge in [-0.15, -0.1) is 0 Å². The quantitative estimate of drug-likeness (QED) is 0.736. The first-order valence-corrected chi connectivity index (χ1v) is 6.77. The second-order valence-electron chi connectivity index (χ2n) is 5.70. The van der Waals surface area contributed by atoms with E-state index in [9.17, 15) is 9.59 Å². The molecule has 3 atom stereocenters. The number of fused-ring (bicyclic) bond motifs is 1. The van der Waals surface area contributed by atoms with Crippen LogP contribution in [0.25, 0.3) is 0 Å². The van der Waals surface area contributed by atoms with Gasteiger partial charge in [0.25, 0.3) is 5.91 Å². The van der Waals surface area contributed by atoms with E-state index in [0.29, 0.717) is 5.69 Å². The zero-order valence-electron chi connectivity index (χ0n) is 12.0. The van der Waals surface area contributed by atoms with Gasteiger partial charge in [0.15, 0.2) is 6.04 Å². The van der Waals surface area contributed by atoms with Crippen molar-refractivity contribution in [3.8, 4) is 0 Å². The number of benzene rings is 1. The number of hydrogen-bond donors (Lipinski definition) is 0. The normalized spacial score (nSPS) is 28.4. The molecule has 2 aliphatic heterocycles. The highest BCUT2D eigenvalue weighted by Gasteiger charge is 2.54. The minimum absolute atomic E-state index is 0.174. The molecule has 104 valence electrons. The van der Waals surface area contributed by atoms with E-state index >= 15 is 0 Å². The van der Waals surface area contributed by atoms with Crippen LogP contribution in [0.3, 0.4) is 0 Å². The molecule has 0 aliphatic carbocycles. The maximum absolute atomic E-state index is 12.6. The third-order valence-electron chi connectivity index (χ3n) is 4.07. The number of aryl methyl sites for hydroxylation is 3. The molecule has 5 nitrogen and oxygen atoms in total. The van der Waals surface area contributed by atoms with Crippen LogP contribution in [0.1, 0.15) is 23.6 Å². The Morgan fingerprint density at radius 1 is 1.00 bits per heavy atom. The Hall–Kier alpha value is -2.04. The second-order valence-corrected chi connectivity index (χ2v) is 5.70. The van der Waals surface area contributed by atoms with Crippen LogP contribution < -0.4 is 4.90 Å². The minimum atomic E-state index is -0.627. The lowest BCUT2D eigenvalue weighted by Crippen LogP contribution is -2.34. The SMILES string of the molecule is Cc1cc(C)c(N2C(=O)C3N=NC(C)C3C2=O)c(C)c1. The van der Waals surface area contributed by atoms with Crippen LogP contribution in [-0.4, -0.2) is 23.9 Å². The van der Waals surface area contributed by atoms with Crippen LogP contribution in [0.5, 0.6) is 0 Å². The smallest absolute Gasteiger partial charge is 0.261 e. The average Bonchev–Trinajstić information content (AvgIpc) is 2.83. The molecule has 1 saturated heterocycles. The van der Waals surface area contributed by atoms with E-state index in [-0.39, 0.29) is 17.9 Å². The minimum Gasteiger partial charge on any atom is -0.274 e. The van der Waals surface area contributed by atoms with Crippen LogP contribution in [-0.2, 0) is 9.59 Å². The molecule has 1 aromatic carbocycles. The molecule has 2 amide bonds. The van der Waals surface area contributed by atoms with Gasteiger partial charge in [-0.1, -0.05) is 17.7 Å². The lowest BCUT2D eigenvalue weighted by molar-refractivity contribution is -0.122. The van der Waals surface area contributed by atoms with E-state index in [2.05, 4.69) is 10.2 Å². The van der Waals surface area contributed by atoms with Crippen molar-refractivity contribution in [3.05, 3.63) is 28.8 Å². The third kappa shape index (κ3) is 1.62. The summed E-state index contributed by atoms with van der Waals surface area (Å²) in [5, 5.41) is 7.94. The predicted octanol–water partition coefficient (Wildman–Crippen LogP) is 2.32. The lowest BCUT2D eigenvalue weighted by Gasteiger charge is -2.21. The number of amides is 2. The average molecular weight is 271 g/mol. The van der Waals surface area contributed by atoms with E-state index in [0.717, 1.165) is 16.7 Å². The van der Waals surface area contributed by atoms with Gasteiger partial charge in [-0.25, -0.2) is 4.90 Å². The number of imide groups is 1. The van der Waals surface area contributed by atoms with E-state index in [1.54, 1.807) is 0 Å². The highest BCUT2D eigenvalue weighted by Crippen LogP contribution is 2.38. The Labute approximate surface area is 117 Å². The van der Waals surface area contributed by atoms with Crippen molar-refractivity contribution in [2.24, 2.45) is 16.1 Å². The zero-order valence-corrected chi connectivity index (χ0v) is 12.0. The van der Waals surface area contributed by atoms with E-state index < -0.39 is 12.0 Å². The predicted molar refractivity (Wildman–Crippen MR) is 74.7 cm³/mol. The number of nitrogens with zero attached hydrogens (tertiary/aromatic N) is 3. The molecule has 0 saturated carbocycles. The fourth-order valence-electron chi connectivity index (χ4n) is 3.26. The summed E-state index contributed by atoms with van der Waals surface area (Å²) in [5.74, 6) is -0.849. The number of carbonyl (C=O) groups is 2. The molecule has 1 aromatic rings. The molecule has 2 heterocycles. The molecule has 3 unspecified atom stereocenters. The Morgan fingerprint density at radius 2 is 1.60 bits per heavy atom. The van der Waals surface area contributed by atoms with Gasteiger partial charge >= 0.3 is 0 Å². The molecule has 2 aliphatic rings. The van der Waals surface area contributed by atoms with Crippen LogP contribution in [0.4, 0.5) is 5.69 Å². The molecule has 0 bridgehead atoms. The third-order valence-corrected chi connectivity index (χ3v) is 4.07. The second kappa shape index (κ2) is 4.23. The molecule has 0 N–H and O–H groups in total. The van der Waals surface area contributed by atoms with Gasteiger partial charge in [-0.05, 0) is 38.8 Å². The standard InChI is InChI=1S/C15H17N3O2/c1-7-5-8(2)13(9(3)6-7)18-14(19)11-10(4)16-17-12(11)15(18)20/h5-6,10-12H,1-4H3. The van der Waals surface area contributed by atoms with Crippen molar-refractivity contribution in [2.45, 2.75) is 39.8 Å². The fraction of sp³-hybridized carbons (Fsp3) is 0.467. The zero-order chi connectivity index (χ0) is 14.6. The van der Waals surface area contributed by atoms with Gasteiger partial charge < -0.3 is 0 Å². The molecule has 5 heteroatoms. The molecule has 0 aromatic heterocycles. The summed E-state index contributed by atoms with van der Waals surface area (Å²) in [7, 11) is 0. The number of hydrogen-bond acceptors (Lipinski definition) is 4. The summed E-state index contributed by atoms with van der Waals surface area (Å²) in [6.45, 7) is 7.68. The maximum Gasteiger partial charge on any atom is 0.261 e. The van der Waals surface area contributed by atoms with Gasteiger partial charge in [0, 0.05) is 0 Å². The topological polar surface area (TPSA) is 62.1 Å². The van der Waals surface area contributed by atoms with E-state index in [4.69, 9.17) is 0 Å². The van der Waals surface area contributed by atoms with Crippen LogP contribution in [0.2, 0.25) is 0 Å². The van der Waals surface area contributed by atoms with Crippen LogP contribution in [0, 0.1) is 26.7 Å². The first-order chi connectivity index (χ1) is 9.41. The Bertz CT molecular complexity index is 628.